The van der Waals surface area contributed by atoms with Crippen molar-refractivity contribution < 1.29 is 36.2 Å². The van der Waals surface area contributed by atoms with Crippen LogP contribution in [0.5, 0.6) is 5.75 Å². The molecule has 2 N–H and O–H groups in total. The van der Waals surface area contributed by atoms with Gasteiger partial charge in [0.05, 0.1) is 44.1 Å². The predicted octanol–water partition coefficient (Wildman–Crippen LogP) is 5.40. The van der Waals surface area contributed by atoms with Crippen LogP contribution in [0.4, 0.5) is 27.0 Å². The number of nitrogen functional groups attached to an aromatic ring is 1. The van der Waals surface area contributed by atoms with E-state index in [0.717, 1.165) is 30.2 Å². The van der Waals surface area contributed by atoms with Crippen LogP contribution in [0.15, 0.2) is 29.3 Å². The van der Waals surface area contributed by atoms with Crippen molar-refractivity contribution in [2.75, 3.05) is 45.3 Å². The van der Waals surface area contributed by atoms with Crippen molar-refractivity contribution in [3.8, 4) is 22.9 Å². The lowest BCUT2D eigenvalue weighted by Crippen LogP contribution is -2.50. The topological polar surface area (TPSA) is 99.6 Å². The first kappa shape index (κ1) is 32.4. The second-order valence-electron chi connectivity index (χ2n) is 12.8. The summed E-state index contributed by atoms with van der Waals surface area (Å²) in [5, 5.41) is 9.92. The van der Waals surface area contributed by atoms with Gasteiger partial charge < -0.3 is 29.7 Å². The zero-order valence-corrected chi connectivity index (χ0v) is 27.5. The quantitative estimate of drug-likeness (QED) is 0.324. The first-order valence-electron chi connectivity index (χ1n) is 16.0. The molecule has 3 saturated heterocycles. The maximum Gasteiger partial charge on any atom is 0.302 e. The Hall–Kier alpha value is -3.84. The van der Waals surface area contributed by atoms with E-state index in [9.17, 15) is 18.4 Å². The van der Waals surface area contributed by atoms with Crippen molar-refractivity contribution in [2.24, 2.45) is 4.99 Å². The van der Waals surface area contributed by atoms with Gasteiger partial charge in [-0.25, -0.2) is 22.0 Å². The highest BCUT2D eigenvalue weighted by atomic mass is 35.5. The zero-order chi connectivity index (χ0) is 34.2. The van der Waals surface area contributed by atoms with E-state index in [1.54, 1.807) is 4.90 Å². The van der Waals surface area contributed by atoms with Crippen LogP contribution in [0.1, 0.15) is 37.7 Å². The third-order valence-corrected chi connectivity index (χ3v) is 11.3. The summed E-state index contributed by atoms with van der Waals surface area (Å²) in [4.78, 5) is 9.62. The molecule has 5 aliphatic heterocycles. The van der Waals surface area contributed by atoms with Gasteiger partial charge in [0.25, 0.3) is 6.43 Å². The van der Waals surface area contributed by atoms with E-state index in [0.29, 0.717) is 26.0 Å². The van der Waals surface area contributed by atoms with E-state index in [1.807, 2.05) is 11.0 Å². The van der Waals surface area contributed by atoms with Crippen LogP contribution in [-0.4, -0.2) is 78.6 Å². The Bertz CT molecular complexity index is 2070. The van der Waals surface area contributed by atoms with Crippen LogP contribution in [0.3, 0.4) is 0 Å². The maximum absolute atomic E-state index is 17.3. The molecule has 0 bridgehead atoms. The summed E-state index contributed by atoms with van der Waals surface area (Å²) < 4.78 is 93.8. The lowest BCUT2D eigenvalue weighted by atomic mass is 9.95. The van der Waals surface area contributed by atoms with Crippen molar-refractivity contribution >= 4 is 43.8 Å². The van der Waals surface area contributed by atoms with Crippen LogP contribution in [0.2, 0.25) is 5.02 Å². The minimum Gasteiger partial charge on any atom is -0.462 e. The van der Waals surface area contributed by atoms with Crippen molar-refractivity contribution in [2.45, 2.75) is 56.5 Å². The number of halogens is 6. The number of fused-ring (bicyclic) bond motifs is 2. The van der Waals surface area contributed by atoms with Crippen LogP contribution in [0, 0.1) is 23.0 Å². The molecule has 3 atom stereocenters. The maximum atomic E-state index is 17.3. The molecule has 1 unspecified atom stereocenters. The number of alkyl halides is 3. The van der Waals surface area contributed by atoms with Gasteiger partial charge >= 0.3 is 5.95 Å². The number of anilines is 1. The lowest BCUT2D eigenvalue weighted by molar-refractivity contribution is 0.00119. The van der Waals surface area contributed by atoms with E-state index in [2.05, 4.69) is 4.99 Å². The number of rotatable bonds is 7. The van der Waals surface area contributed by atoms with Gasteiger partial charge in [0.1, 0.15) is 48.4 Å². The fraction of sp³-hybridized carbons (Fsp3) is 0.455. The SMILES string of the molecule is N#Cc1c(N)sc2c(F)ccc(-c3c(F)c4c5c(c3Cl)=NCN(C3CCCO3)C=5N(CC(F)F)C=C(OC[C@@]35CCCN3C[C@H](F)C5)O4)c12. The summed E-state index contributed by atoms with van der Waals surface area (Å²) in [5.74, 6) is -2.21. The van der Waals surface area contributed by atoms with Gasteiger partial charge in [-0.05, 0) is 43.9 Å². The Morgan fingerprint density at radius 1 is 1.27 bits per heavy atom. The molecule has 0 aliphatic carbocycles. The first-order chi connectivity index (χ1) is 23.6. The van der Waals surface area contributed by atoms with Gasteiger partial charge in [-0.15, -0.1) is 11.3 Å². The van der Waals surface area contributed by atoms with Crippen molar-refractivity contribution in [1.82, 2.24) is 14.7 Å². The Labute approximate surface area is 286 Å². The van der Waals surface area contributed by atoms with E-state index >= 15 is 8.78 Å². The number of nitrogens with zero attached hydrogens (tertiary/aromatic N) is 5. The van der Waals surface area contributed by atoms with E-state index in [4.69, 9.17) is 31.5 Å². The molecular weight excluding hydrogens is 691 g/mol. The number of nitrogens with two attached hydrogens (primary N) is 1. The molecule has 8 rings (SSSR count). The van der Waals surface area contributed by atoms with Crippen LogP contribution >= 0.6 is 22.9 Å². The Morgan fingerprint density at radius 3 is 2.86 bits per heavy atom. The van der Waals surface area contributed by atoms with Gasteiger partial charge in [-0.3, -0.25) is 9.89 Å². The fourth-order valence-electron chi connectivity index (χ4n) is 7.88. The summed E-state index contributed by atoms with van der Waals surface area (Å²) in [5.41, 5.74) is 5.25. The van der Waals surface area contributed by atoms with Crippen LogP contribution in [-0.2, 0) is 9.47 Å². The molecule has 0 amide bonds. The third-order valence-electron chi connectivity index (χ3n) is 9.95. The molecule has 0 radical (unpaired) electrons. The van der Waals surface area contributed by atoms with Gasteiger partial charge in [0, 0.05) is 30.5 Å². The van der Waals surface area contributed by atoms with Gasteiger partial charge in [0.15, 0.2) is 11.6 Å². The standard InChI is InChI=1S/C33H30ClF5N6O3S/c34-26-24(17-4-5-19(36)30-23(17)18(10-40)31(41)49-30)27(39)29-25-28(26)42-15-45(21-3-1-8-46-21)32(25)43(12-20(37)38)13-22(48-29)47-14-33-6-2-7-44(33)11-16(35)9-33/h4-5,13,16,20-21H,1-3,6-9,11-12,14-15,41H2/t16-,21?,33+/m1/s1. The number of thiophene rings is 1. The van der Waals surface area contributed by atoms with Crippen molar-refractivity contribution in [1.29, 1.82) is 5.26 Å². The normalized spacial score (nSPS) is 24.9. The van der Waals surface area contributed by atoms with Crippen molar-refractivity contribution in [3.05, 3.63) is 57.1 Å². The molecule has 6 heterocycles. The van der Waals surface area contributed by atoms with E-state index < -0.39 is 48.3 Å². The molecule has 0 saturated carbocycles. The largest absolute Gasteiger partial charge is 0.462 e. The molecule has 5 aliphatic rings. The number of hydrogen-bond acceptors (Lipinski definition) is 10. The zero-order valence-electron chi connectivity index (χ0n) is 26.0. The summed E-state index contributed by atoms with van der Waals surface area (Å²) in [6, 6.07) is 4.41. The smallest absolute Gasteiger partial charge is 0.302 e. The number of ether oxygens (including phenoxy) is 3. The summed E-state index contributed by atoms with van der Waals surface area (Å²) in [6.45, 7) is 0.519. The minimum atomic E-state index is -2.83. The van der Waals surface area contributed by atoms with Gasteiger partial charge in [-0.2, -0.15) is 5.26 Å². The fourth-order valence-corrected chi connectivity index (χ4v) is 9.16. The molecule has 49 heavy (non-hydrogen) atoms. The van der Waals surface area contributed by atoms with E-state index in [1.165, 1.54) is 17.2 Å². The number of nitriles is 1. The van der Waals surface area contributed by atoms with Crippen LogP contribution < -0.4 is 21.0 Å². The molecular formula is C33H30ClF5N6O3S. The summed E-state index contributed by atoms with van der Waals surface area (Å²) in [6.07, 6.45) is -0.114. The lowest BCUT2D eigenvalue weighted by Gasteiger charge is -2.37. The highest BCUT2D eigenvalue weighted by molar-refractivity contribution is 7.23. The molecule has 3 fully saturated rings. The molecule has 9 nitrogen and oxygen atoms in total. The monoisotopic (exact) mass is 720 g/mol. The molecule has 16 heteroatoms. The minimum absolute atomic E-state index is 0.0116. The van der Waals surface area contributed by atoms with Gasteiger partial charge in [-0.1, -0.05) is 17.7 Å². The van der Waals surface area contributed by atoms with Gasteiger partial charge in [0.2, 0.25) is 0 Å². The summed E-state index contributed by atoms with van der Waals surface area (Å²) >= 11 is 7.83. The second kappa shape index (κ2) is 12.2. The second-order valence-corrected chi connectivity index (χ2v) is 14.3. The summed E-state index contributed by atoms with van der Waals surface area (Å²) in [7, 11) is 0. The Balaban J connectivity index is 1.35. The average Bonchev–Trinajstić information content (AvgIpc) is 3.84. The number of hydrogen-bond donors (Lipinski definition) is 1. The van der Waals surface area contributed by atoms with Crippen LogP contribution in [0.25, 0.3) is 27.0 Å². The highest BCUT2D eigenvalue weighted by Crippen LogP contribution is 2.45. The average molecular weight is 721 g/mol. The molecule has 3 aromatic rings. The van der Waals surface area contributed by atoms with Crippen molar-refractivity contribution in [3.63, 3.8) is 0 Å². The Kier molecular flexibility index (Phi) is 8.05. The molecule has 0 spiro atoms. The third kappa shape index (κ3) is 5.17. The highest BCUT2D eigenvalue weighted by Gasteiger charge is 2.49. The molecule has 1 aromatic heterocycles. The first-order valence-corrected chi connectivity index (χ1v) is 17.1. The van der Waals surface area contributed by atoms with E-state index in [-0.39, 0.29) is 85.4 Å². The molecule has 258 valence electrons. The molecule has 2 aromatic carbocycles. The number of benzene rings is 2. The Morgan fingerprint density at radius 2 is 2.10 bits per heavy atom. The predicted molar refractivity (Wildman–Crippen MR) is 172 cm³/mol.